The lowest BCUT2D eigenvalue weighted by molar-refractivity contribution is -0.148. The van der Waals surface area contributed by atoms with Gasteiger partial charge in [0.25, 0.3) is 0 Å². The zero-order chi connectivity index (χ0) is 19.0. The van der Waals surface area contributed by atoms with E-state index in [0.29, 0.717) is 30.8 Å². The lowest BCUT2D eigenvalue weighted by atomic mass is 9.90. The van der Waals surface area contributed by atoms with Crippen LogP contribution in [0.1, 0.15) is 25.5 Å². The zero-order valence-corrected chi connectivity index (χ0v) is 15.7. The SMILES string of the molecule is C[C@@H]1[C@H](C(=O)O)CCCN1C(=O)Cc1csc(-c2ccc3c(c2)OCO3)n1. The number of rotatable bonds is 4. The number of hydrogen-bond donors (Lipinski definition) is 1. The van der Waals surface area contributed by atoms with Gasteiger partial charge in [-0.05, 0) is 38.0 Å². The lowest BCUT2D eigenvalue weighted by Crippen LogP contribution is -2.49. The minimum Gasteiger partial charge on any atom is -0.481 e. The number of nitrogens with zero attached hydrogens (tertiary/aromatic N) is 2. The summed E-state index contributed by atoms with van der Waals surface area (Å²) in [6, 6.07) is 5.36. The van der Waals surface area contributed by atoms with Gasteiger partial charge in [-0.1, -0.05) is 0 Å². The number of ether oxygens (including phenoxy) is 2. The Hall–Kier alpha value is -2.61. The molecule has 1 aromatic carbocycles. The Morgan fingerprint density at radius 2 is 2.15 bits per heavy atom. The van der Waals surface area contributed by atoms with E-state index >= 15 is 0 Å². The molecule has 1 fully saturated rings. The number of hydrogen-bond acceptors (Lipinski definition) is 6. The second-order valence-corrected chi connectivity index (χ2v) is 7.66. The van der Waals surface area contributed by atoms with Crippen molar-refractivity contribution < 1.29 is 24.2 Å². The van der Waals surface area contributed by atoms with Gasteiger partial charge in [0.05, 0.1) is 18.0 Å². The van der Waals surface area contributed by atoms with Crippen molar-refractivity contribution in [2.75, 3.05) is 13.3 Å². The molecule has 1 amide bonds. The van der Waals surface area contributed by atoms with Crippen LogP contribution in [0.2, 0.25) is 0 Å². The van der Waals surface area contributed by atoms with Gasteiger partial charge in [0.2, 0.25) is 12.7 Å². The first kappa shape index (κ1) is 17.8. The van der Waals surface area contributed by atoms with Crippen LogP contribution in [0, 0.1) is 5.92 Å². The van der Waals surface area contributed by atoms with Crippen LogP contribution in [0.5, 0.6) is 11.5 Å². The molecule has 0 bridgehead atoms. The highest BCUT2D eigenvalue weighted by molar-refractivity contribution is 7.13. The standard InChI is InChI=1S/C19H20N2O5S/c1-11-14(19(23)24)3-2-6-21(11)17(22)8-13-9-27-18(20-13)12-4-5-15-16(7-12)26-10-25-15/h4-5,7,9,11,14H,2-3,6,8,10H2,1H3,(H,23,24)/t11-,14-/m1/s1. The number of carboxylic acids is 1. The van der Waals surface area contributed by atoms with Crippen LogP contribution in [-0.4, -0.2) is 46.2 Å². The fraction of sp³-hybridized carbons (Fsp3) is 0.421. The van der Waals surface area contributed by atoms with Gasteiger partial charge in [-0.25, -0.2) is 4.98 Å². The fourth-order valence-electron chi connectivity index (χ4n) is 3.63. The molecule has 142 valence electrons. The second-order valence-electron chi connectivity index (χ2n) is 6.80. The minimum absolute atomic E-state index is 0.0732. The number of thiazole rings is 1. The quantitative estimate of drug-likeness (QED) is 0.866. The molecule has 2 atom stereocenters. The van der Waals surface area contributed by atoms with E-state index < -0.39 is 11.9 Å². The third-order valence-electron chi connectivity index (χ3n) is 5.13. The summed E-state index contributed by atoms with van der Waals surface area (Å²) in [5, 5.41) is 12.0. The van der Waals surface area contributed by atoms with Crippen molar-refractivity contribution >= 4 is 23.2 Å². The number of likely N-dealkylation sites (tertiary alicyclic amines) is 1. The van der Waals surface area contributed by atoms with Crippen LogP contribution in [0.4, 0.5) is 0 Å². The summed E-state index contributed by atoms with van der Waals surface area (Å²) in [5.41, 5.74) is 1.61. The lowest BCUT2D eigenvalue weighted by Gasteiger charge is -2.37. The highest BCUT2D eigenvalue weighted by atomic mass is 32.1. The van der Waals surface area contributed by atoms with Gasteiger partial charge in [-0.15, -0.1) is 11.3 Å². The summed E-state index contributed by atoms with van der Waals surface area (Å²) < 4.78 is 10.7. The van der Waals surface area contributed by atoms with Gasteiger partial charge >= 0.3 is 5.97 Å². The molecule has 1 aromatic heterocycles. The number of piperidine rings is 1. The Morgan fingerprint density at radius 3 is 2.96 bits per heavy atom. The van der Waals surface area contributed by atoms with Gasteiger partial charge < -0.3 is 19.5 Å². The highest BCUT2D eigenvalue weighted by Gasteiger charge is 2.35. The van der Waals surface area contributed by atoms with E-state index in [9.17, 15) is 14.7 Å². The number of fused-ring (bicyclic) bond motifs is 1. The van der Waals surface area contributed by atoms with Gasteiger partial charge in [0.1, 0.15) is 5.01 Å². The summed E-state index contributed by atoms with van der Waals surface area (Å²) in [6.07, 6.45) is 1.51. The number of benzene rings is 1. The molecule has 2 aliphatic heterocycles. The number of carbonyl (C=O) groups excluding carboxylic acids is 1. The Morgan fingerprint density at radius 1 is 1.33 bits per heavy atom. The number of aromatic nitrogens is 1. The van der Waals surface area contributed by atoms with Gasteiger partial charge in [0.15, 0.2) is 11.5 Å². The molecule has 2 aliphatic rings. The topological polar surface area (TPSA) is 89.0 Å². The molecule has 0 radical (unpaired) electrons. The van der Waals surface area contributed by atoms with Crippen molar-refractivity contribution in [3.05, 3.63) is 29.3 Å². The van der Waals surface area contributed by atoms with Crippen LogP contribution in [0.15, 0.2) is 23.6 Å². The van der Waals surface area contributed by atoms with Gasteiger partial charge in [0, 0.05) is 23.5 Å². The summed E-state index contributed by atoms with van der Waals surface area (Å²) in [4.78, 5) is 30.3. The number of aliphatic carboxylic acids is 1. The third-order valence-corrected chi connectivity index (χ3v) is 6.07. The first-order valence-electron chi connectivity index (χ1n) is 8.89. The maximum atomic E-state index is 12.7. The van der Waals surface area contributed by atoms with Crippen molar-refractivity contribution in [3.8, 4) is 22.1 Å². The summed E-state index contributed by atoms with van der Waals surface area (Å²) in [7, 11) is 0. The van der Waals surface area contributed by atoms with Crippen molar-refractivity contribution in [1.29, 1.82) is 0 Å². The van der Waals surface area contributed by atoms with E-state index in [1.807, 2.05) is 30.5 Å². The third kappa shape index (κ3) is 3.49. The Bertz CT molecular complexity index is 881. The molecule has 0 spiro atoms. The molecule has 7 nitrogen and oxygen atoms in total. The van der Waals surface area contributed by atoms with Gasteiger partial charge in [-0.3, -0.25) is 9.59 Å². The first-order chi connectivity index (χ1) is 13.0. The molecule has 0 saturated carbocycles. The predicted octanol–water partition coefficient (Wildman–Crippen LogP) is 2.79. The van der Waals surface area contributed by atoms with Crippen molar-refractivity contribution in [1.82, 2.24) is 9.88 Å². The second kappa shape index (κ2) is 7.19. The predicted molar refractivity (Wildman–Crippen MR) is 98.9 cm³/mol. The van der Waals surface area contributed by atoms with E-state index in [1.54, 1.807) is 4.90 Å². The maximum Gasteiger partial charge on any atom is 0.308 e. The van der Waals surface area contributed by atoms with Crippen LogP contribution in [0.3, 0.4) is 0 Å². The normalized spacial score (nSPS) is 21.3. The maximum absolute atomic E-state index is 12.7. The Balaban J connectivity index is 1.46. The molecular weight excluding hydrogens is 368 g/mol. The zero-order valence-electron chi connectivity index (χ0n) is 14.9. The van der Waals surface area contributed by atoms with Gasteiger partial charge in [-0.2, -0.15) is 0 Å². The van der Waals surface area contributed by atoms with E-state index in [0.717, 1.165) is 16.3 Å². The minimum atomic E-state index is -0.834. The Labute approximate surface area is 160 Å². The van der Waals surface area contributed by atoms with Crippen LogP contribution < -0.4 is 9.47 Å². The van der Waals surface area contributed by atoms with Crippen LogP contribution >= 0.6 is 11.3 Å². The van der Waals surface area contributed by atoms with Crippen molar-refractivity contribution in [2.45, 2.75) is 32.2 Å². The summed E-state index contributed by atoms with van der Waals surface area (Å²) >= 11 is 1.47. The highest BCUT2D eigenvalue weighted by Crippen LogP contribution is 2.36. The Kier molecular flexibility index (Phi) is 4.73. The number of carbonyl (C=O) groups is 2. The summed E-state index contributed by atoms with van der Waals surface area (Å²) in [5.74, 6) is 0.0111. The van der Waals surface area contributed by atoms with E-state index in [1.165, 1.54) is 11.3 Å². The average Bonchev–Trinajstić information content (AvgIpc) is 3.29. The molecule has 2 aromatic rings. The molecular formula is C19H20N2O5S. The smallest absolute Gasteiger partial charge is 0.308 e. The molecule has 1 N–H and O–H groups in total. The molecule has 0 unspecified atom stereocenters. The van der Waals surface area contributed by atoms with E-state index in [-0.39, 0.29) is 25.2 Å². The molecule has 0 aliphatic carbocycles. The molecule has 4 rings (SSSR count). The van der Waals surface area contributed by atoms with Crippen molar-refractivity contribution in [3.63, 3.8) is 0 Å². The number of carboxylic acid groups (broad SMARTS) is 1. The first-order valence-corrected chi connectivity index (χ1v) is 9.77. The average molecular weight is 388 g/mol. The van der Waals surface area contributed by atoms with E-state index in [4.69, 9.17) is 9.47 Å². The number of amides is 1. The largest absolute Gasteiger partial charge is 0.481 e. The summed E-state index contributed by atoms with van der Waals surface area (Å²) in [6.45, 7) is 2.64. The van der Waals surface area contributed by atoms with Crippen LogP contribution in [0.25, 0.3) is 10.6 Å². The monoisotopic (exact) mass is 388 g/mol. The molecule has 3 heterocycles. The van der Waals surface area contributed by atoms with Crippen molar-refractivity contribution in [2.24, 2.45) is 5.92 Å². The molecule has 8 heteroatoms. The fourth-order valence-corrected chi connectivity index (χ4v) is 4.45. The van der Waals surface area contributed by atoms with E-state index in [2.05, 4.69) is 4.98 Å². The molecule has 27 heavy (non-hydrogen) atoms. The molecule has 1 saturated heterocycles. The van der Waals surface area contributed by atoms with Crippen LogP contribution in [-0.2, 0) is 16.0 Å².